The second-order valence-electron chi connectivity index (χ2n) is 6.39. The second-order valence-corrected chi connectivity index (χ2v) is 7.61. The standard InChI is InChI=1S/C16H25N3S/c1-10-6-5-7-14(12(10)3)17-8-15-13(4)18-16-19(15)9-11(2)20-16/h9-10,12,14,17H,5-8H2,1-4H3. The summed E-state index contributed by atoms with van der Waals surface area (Å²) in [5.41, 5.74) is 2.50. The lowest BCUT2D eigenvalue weighted by Gasteiger charge is -2.34. The molecule has 0 amide bonds. The van der Waals surface area contributed by atoms with Crippen LogP contribution in [0.1, 0.15) is 49.4 Å². The van der Waals surface area contributed by atoms with E-state index in [1.807, 2.05) is 0 Å². The summed E-state index contributed by atoms with van der Waals surface area (Å²) in [6.45, 7) is 10.00. The Bertz CT molecular complexity index is 598. The van der Waals surface area contributed by atoms with Crippen molar-refractivity contribution in [3.8, 4) is 0 Å². The van der Waals surface area contributed by atoms with Gasteiger partial charge in [0.2, 0.25) is 0 Å². The summed E-state index contributed by atoms with van der Waals surface area (Å²) in [5, 5.41) is 3.79. The zero-order valence-electron chi connectivity index (χ0n) is 12.9. The molecule has 2 heterocycles. The fourth-order valence-corrected chi connectivity index (χ4v) is 4.31. The van der Waals surface area contributed by atoms with E-state index in [0.717, 1.165) is 23.3 Å². The Labute approximate surface area is 125 Å². The molecule has 20 heavy (non-hydrogen) atoms. The first-order valence-electron chi connectivity index (χ1n) is 7.73. The second kappa shape index (κ2) is 5.49. The number of nitrogens with one attached hydrogen (secondary N) is 1. The van der Waals surface area contributed by atoms with Gasteiger partial charge in [-0.3, -0.25) is 4.40 Å². The van der Waals surface area contributed by atoms with Gasteiger partial charge in [0, 0.05) is 23.7 Å². The lowest BCUT2D eigenvalue weighted by atomic mass is 9.78. The molecule has 110 valence electrons. The van der Waals surface area contributed by atoms with Gasteiger partial charge in [-0.1, -0.05) is 26.7 Å². The number of rotatable bonds is 3. The first kappa shape index (κ1) is 14.1. The minimum atomic E-state index is 0.656. The van der Waals surface area contributed by atoms with Crippen LogP contribution in [0.4, 0.5) is 0 Å². The Balaban J connectivity index is 1.74. The van der Waals surface area contributed by atoms with Crippen LogP contribution in [0.5, 0.6) is 0 Å². The molecule has 1 N–H and O–H groups in total. The van der Waals surface area contributed by atoms with Crippen molar-refractivity contribution < 1.29 is 0 Å². The first-order chi connectivity index (χ1) is 9.56. The Morgan fingerprint density at radius 3 is 2.95 bits per heavy atom. The van der Waals surface area contributed by atoms with E-state index < -0.39 is 0 Å². The molecule has 0 spiro atoms. The molecule has 3 atom stereocenters. The fraction of sp³-hybridized carbons (Fsp3) is 0.688. The Morgan fingerprint density at radius 2 is 2.15 bits per heavy atom. The van der Waals surface area contributed by atoms with Crippen LogP contribution >= 0.6 is 11.3 Å². The quantitative estimate of drug-likeness (QED) is 0.928. The Hall–Kier alpha value is -0.870. The topological polar surface area (TPSA) is 29.3 Å². The molecule has 2 aromatic heterocycles. The number of thiazole rings is 1. The van der Waals surface area contributed by atoms with Crippen LogP contribution in [-0.2, 0) is 6.54 Å². The van der Waals surface area contributed by atoms with E-state index in [0.29, 0.717) is 6.04 Å². The van der Waals surface area contributed by atoms with Crippen molar-refractivity contribution in [1.29, 1.82) is 0 Å². The molecule has 0 aliphatic heterocycles. The van der Waals surface area contributed by atoms with Crippen LogP contribution in [0.25, 0.3) is 4.96 Å². The zero-order chi connectivity index (χ0) is 14.3. The summed E-state index contributed by atoms with van der Waals surface area (Å²) in [7, 11) is 0. The molecular weight excluding hydrogens is 266 g/mol. The van der Waals surface area contributed by atoms with Crippen molar-refractivity contribution in [1.82, 2.24) is 14.7 Å². The monoisotopic (exact) mass is 291 g/mol. The van der Waals surface area contributed by atoms with E-state index >= 15 is 0 Å². The minimum Gasteiger partial charge on any atom is -0.308 e. The van der Waals surface area contributed by atoms with E-state index in [1.54, 1.807) is 11.3 Å². The van der Waals surface area contributed by atoms with Gasteiger partial charge in [0.1, 0.15) is 0 Å². The van der Waals surface area contributed by atoms with E-state index in [9.17, 15) is 0 Å². The summed E-state index contributed by atoms with van der Waals surface area (Å²) >= 11 is 1.77. The van der Waals surface area contributed by atoms with Crippen molar-refractivity contribution in [2.75, 3.05) is 0 Å². The summed E-state index contributed by atoms with van der Waals surface area (Å²) in [6.07, 6.45) is 6.28. The van der Waals surface area contributed by atoms with E-state index in [1.165, 1.54) is 35.5 Å². The van der Waals surface area contributed by atoms with Crippen molar-refractivity contribution in [3.63, 3.8) is 0 Å². The van der Waals surface area contributed by atoms with Crippen molar-refractivity contribution in [3.05, 3.63) is 22.5 Å². The molecule has 3 rings (SSSR count). The number of hydrogen-bond acceptors (Lipinski definition) is 3. The highest BCUT2D eigenvalue weighted by atomic mass is 32.1. The number of hydrogen-bond donors (Lipinski definition) is 1. The van der Waals surface area contributed by atoms with Gasteiger partial charge >= 0.3 is 0 Å². The van der Waals surface area contributed by atoms with Crippen LogP contribution in [0.15, 0.2) is 6.20 Å². The maximum atomic E-state index is 4.67. The average molecular weight is 291 g/mol. The van der Waals surface area contributed by atoms with Crippen LogP contribution in [0, 0.1) is 25.7 Å². The SMILES string of the molecule is Cc1cn2c(CNC3CCCC(C)C3C)c(C)nc2s1. The lowest BCUT2D eigenvalue weighted by molar-refractivity contribution is 0.205. The van der Waals surface area contributed by atoms with E-state index in [-0.39, 0.29) is 0 Å². The summed E-state index contributed by atoms with van der Waals surface area (Å²) in [6, 6.07) is 0.656. The largest absolute Gasteiger partial charge is 0.308 e. The van der Waals surface area contributed by atoms with E-state index in [4.69, 9.17) is 0 Å². The zero-order valence-corrected chi connectivity index (χ0v) is 13.8. The van der Waals surface area contributed by atoms with Crippen molar-refractivity contribution >= 4 is 16.3 Å². The predicted octanol–water partition coefficient (Wildman–Crippen LogP) is 3.93. The van der Waals surface area contributed by atoms with Gasteiger partial charge < -0.3 is 5.32 Å². The van der Waals surface area contributed by atoms with Gasteiger partial charge in [0.25, 0.3) is 0 Å². The molecule has 4 heteroatoms. The van der Waals surface area contributed by atoms with Gasteiger partial charge in [0.15, 0.2) is 4.96 Å². The number of aromatic nitrogens is 2. The molecule has 0 bridgehead atoms. The Morgan fingerprint density at radius 1 is 1.35 bits per heavy atom. The van der Waals surface area contributed by atoms with Gasteiger partial charge in [-0.05, 0) is 32.1 Å². The van der Waals surface area contributed by atoms with Gasteiger partial charge in [-0.2, -0.15) is 0 Å². The summed E-state index contributed by atoms with van der Waals surface area (Å²) in [4.78, 5) is 7.13. The lowest BCUT2D eigenvalue weighted by Crippen LogP contribution is -2.40. The van der Waals surface area contributed by atoms with E-state index in [2.05, 4.69) is 48.6 Å². The third kappa shape index (κ3) is 2.51. The molecular formula is C16H25N3S. The molecule has 0 aromatic carbocycles. The highest BCUT2D eigenvalue weighted by Crippen LogP contribution is 2.30. The molecule has 1 fully saturated rings. The minimum absolute atomic E-state index is 0.656. The van der Waals surface area contributed by atoms with Gasteiger partial charge in [0.05, 0.1) is 11.4 Å². The molecule has 1 aliphatic rings. The summed E-state index contributed by atoms with van der Waals surface area (Å²) < 4.78 is 2.26. The molecule has 1 saturated carbocycles. The van der Waals surface area contributed by atoms with Crippen LogP contribution in [0.3, 0.4) is 0 Å². The van der Waals surface area contributed by atoms with Crippen LogP contribution in [0.2, 0.25) is 0 Å². The average Bonchev–Trinajstić information content (AvgIpc) is 2.87. The fourth-order valence-electron chi connectivity index (χ4n) is 3.42. The maximum absolute atomic E-state index is 4.67. The van der Waals surface area contributed by atoms with Gasteiger partial charge in [-0.15, -0.1) is 11.3 Å². The normalized spacial score (nSPS) is 27.3. The molecule has 2 aromatic rings. The first-order valence-corrected chi connectivity index (χ1v) is 8.55. The molecule has 0 radical (unpaired) electrons. The van der Waals surface area contributed by atoms with Crippen LogP contribution in [-0.4, -0.2) is 15.4 Å². The highest BCUT2D eigenvalue weighted by Gasteiger charge is 2.26. The molecule has 3 unspecified atom stereocenters. The van der Waals surface area contributed by atoms with Crippen LogP contribution < -0.4 is 5.32 Å². The predicted molar refractivity (Wildman–Crippen MR) is 85.3 cm³/mol. The highest BCUT2D eigenvalue weighted by molar-refractivity contribution is 7.17. The van der Waals surface area contributed by atoms with Crippen molar-refractivity contribution in [2.24, 2.45) is 11.8 Å². The molecule has 1 aliphatic carbocycles. The molecule has 0 saturated heterocycles. The smallest absolute Gasteiger partial charge is 0.194 e. The third-order valence-electron chi connectivity index (χ3n) is 4.98. The number of nitrogens with zero attached hydrogens (tertiary/aromatic N) is 2. The number of fused-ring (bicyclic) bond motifs is 1. The van der Waals surface area contributed by atoms with Gasteiger partial charge in [-0.25, -0.2) is 4.98 Å². The maximum Gasteiger partial charge on any atom is 0.194 e. The summed E-state index contributed by atoms with van der Waals surface area (Å²) in [5.74, 6) is 1.62. The molecule has 3 nitrogen and oxygen atoms in total. The third-order valence-corrected chi connectivity index (χ3v) is 5.88. The Kier molecular flexibility index (Phi) is 3.87. The van der Waals surface area contributed by atoms with Crippen molar-refractivity contribution in [2.45, 2.75) is 59.5 Å². The number of aryl methyl sites for hydroxylation is 2. The number of imidazole rings is 1.